The molecule has 0 saturated heterocycles. The molecule has 1 aromatic rings. The SMILES string of the molecule is COC(=O)CCn1ccc(C)cc1=O. The van der Waals surface area contributed by atoms with E-state index in [-0.39, 0.29) is 17.9 Å². The van der Waals surface area contributed by atoms with Crippen molar-refractivity contribution in [3.63, 3.8) is 0 Å². The summed E-state index contributed by atoms with van der Waals surface area (Å²) in [5, 5.41) is 0. The van der Waals surface area contributed by atoms with Gasteiger partial charge in [0.25, 0.3) is 5.56 Å². The molecule has 0 N–H and O–H groups in total. The number of methoxy groups -OCH3 is 1. The number of hydrogen-bond donors (Lipinski definition) is 0. The van der Waals surface area contributed by atoms with Gasteiger partial charge in [-0.2, -0.15) is 0 Å². The van der Waals surface area contributed by atoms with Crippen molar-refractivity contribution in [1.29, 1.82) is 0 Å². The molecule has 0 atom stereocenters. The van der Waals surface area contributed by atoms with E-state index in [9.17, 15) is 9.59 Å². The van der Waals surface area contributed by atoms with E-state index in [4.69, 9.17) is 0 Å². The molecule has 1 rings (SSSR count). The monoisotopic (exact) mass is 195 g/mol. The lowest BCUT2D eigenvalue weighted by Crippen LogP contribution is -2.20. The summed E-state index contributed by atoms with van der Waals surface area (Å²) in [6.07, 6.45) is 1.90. The fourth-order valence-corrected chi connectivity index (χ4v) is 1.11. The summed E-state index contributed by atoms with van der Waals surface area (Å²) in [6.45, 7) is 2.22. The minimum atomic E-state index is -0.308. The normalized spacial score (nSPS) is 9.86. The predicted octanol–water partition coefficient (Wildman–Crippen LogP) is 0.720. The van der Waals surface area contributed by atoms with E-state index in [2.05, 4.69) is 4.74 Å². The summed E-state index contributed by atoms with van der Waals surface area (Å²) in [6, 6.07) is 3.37. The van der Waals surface area contributed by atoms with Gasteiger partial charge < -0.3 is 9.30 Å². The molecule has 0 spiro atoms. The molecule has 0 aromatic carbocycles. The molecule has 0 unspecified atom stereocenters. The Balaban J connectivity index is 2.68. The van der Waals surface area contributed by atoms with Gasteiger partial charge in [-0.15, -0.1) is 0 Å². The van der Waals surface area contributed by atoms with E-state index in [1.165, 1.54) is 17.7 Å². The maximum atomic E-state index is 11.4. The lowest BCUT2D eigenvalue weighted by molar-refractivity contribution is -0.140. The van der Waals surface area contributed by atoms with Crippen LogP contribution in [0.1, 0.15) is 12.0 Å². The first-order valence-electron chi connectivity index (χ1n) is 4.37. The lowest BCUT2D eigenvalue weighted by Gasteiger charge is -2.04. The Morgan fingerprint density at radius 2 is 2.29 bits per heavy atom. The quantitative estimate of drug-likeness (QED) is 0.668. The number of pyridine rings is 1. The molecule has 0 radical (unpaired) electrons. The van der Waals surface area contributed by atoms with E-state index in [1.54, 1.807) is 6.20 Å². The highest BCUT2D eigenvalue weighted by molar-refractivity contribution is 5.68. The smallest absolute Gasteiger partial charge is 0.307 e. The number of esters is 1. The Labute approximate surface area is 82.1 Å². The largest absolute Gasteiger partial charge is 0.469 e. The van der Waals surface area contributed by atoms with E-state index in [1.807, 2.05) is 13.0 Å². The number of ether oxygens (including phenoxy) is 1. The fourth-order valence-electron chi connectivity index (χ4n) is 1.11. The van der Waals surface area contributed by atoms with Crippen LogP contribution in [-0.4, -0.2) is 17.6 Å². The Kier molecular flexibility index (Phi) is 3.45. The number of hydrogen-bond acceptors (Lipinski definition) is 3. The predicted molar refractivity (Wildman–Crippen MR) is 52.1 cm³/mol. The van der Waals surface area contributed by atoms with Crippen LogP contribution in [0.2, 0.25) is 0 Å². The summed E-state index contributed by atoms with van der Waals surface area (Å²) in [5.74, 6) is -0.308. The molecule has 0 fully saturated rings. The Morgan fingerprint density at radius 3 is 2.86 bits per heavy atom. The van der Waals surface area contributed by atoms with Crippen molar-refractivity contribution in [2.45, 2.75) is 19.9 Å². The highest BCUT2D eigenvalue weighted by Crippen LogP contribution is 1.93. The molecule has 14 heavy (non-hydrogen) atoms. The molecule has 0 saturated carbocycles. The Bertz CT molecular complexity index is 381. The third-order valence-corrected chi connectivity index (χ3v) is 1.94. The second-order valence-electron chi connectivity index (χ2n) is 3.06. The van der Waals surface area contributed by atoms with Gasteiger partial charge in [-0.3, -0.25) is 9.59 Å². The highest BCUT2D eigenvalue weighted by atomic mass is 16.5. The maximum Gasteiger partial charge on any atom is 0.307 e. The lowest BCUT2D eigenvalue weighted by atomic mass is 10.3. The molecule has 4 heteroatoms. The van der Waals surface area contributed by atoms with Crippen LogP contribution in [-0.2, 0) is 16.1 Å². The molecular formula is C10H13NO3. The summed E-state index contributed by atoms with van der Waals surface area (Å²) < 4.78 is 5.97. The van der Waals surface area contributed by atoms with Gasteiger partial charge in [0, 0.05) is 18.8 Å². The number of carbonyl (C=O) groups excluding carboxylic acids is 1. The second kappa shape index (κ2) is 4.60. The number of rotatable bonds is 3. The summed E-state index contributed by atoms with van der Waals surface area (Å²) in [7, 11) is 1.33. The summed E-state index contributed by atoms with van der Waals surface area (Å²) in [4.78, 5) is 22.2. The van der Waals surface area contributed by atoms with Crippen LogP contribution < -0.4 is 5.56 Å². The molecule has 1 heterocycles. The van der Waals surface area contributed by atoms with Gasteiger partial charge in [0.2, 0.25) is 0 Å². The third-order valence-electron chi connectivity index (χ3n) is 1.94. The maximum absolute atomic E-state index is 11.4. The summed E-state index contributed by atoms with van der Waals surface area (Å²) in [5.41, 5.74) is 0.832. The average Bonchev–Trinajstić information content (AvgIpc) is 2.16. The van der Waals surface area contributed by atoms with Crippen molar-refractivity contribution >= 4 is 5.97 Å². The molecule has 0 bridgehead atoms. The van der Waals surface area contributed by atoms with Crippen molar-refractivity contribution in [1.82, 2.24) is 4.57 Å². The minimum Gasteiger partial charge on any atom is -0.469 e. The van der Waals surface area contributed by atoms with Crippen molar-refractivity contribution < 1.29 is 9.53 Å². The van der Waals surface area contributed by atoms with Crippen LogP contribution in [0.25, 0.3) is 0 Å². The number of nitrogens with zero attached hydrogens (tertiary/aromatic N) is 1. The molecule has 76 valence electrons. The van der Waals surface area contributed by atoms with Gasteiger partial charge in [-0.1, -0.05) is 0 Å². The second-order valence-corrected chi connectivity index (χ2v) is 3.06. The molecule has 0 aliphatic carbocycles. The van der Waals surface area contributed by atoms with E-state index >= 15 is 0 Å². The average molecular weight is 195 g/mol. The molecule has 1 aromatic heterocycles. The van der Waals surface area contributed by atoms with Crippen LogP contribution >= 0.6 is 0 Å². The minimum absolute atomic E-state index is 0.0890. The highest BCUT2D eigenvalue weighted by Gasteiger charge is 2.01. The first-order valence-corrected chi connectivity index (χ1v) is 4.37. The van der Waals surface area contributed by atoms with Crippen LogP contribution in [0.4, 0.5) is 0 Å². The van der Waals surface area contributed by atoms with Gasteiger partial charge in [0.05, 0.1) is 13.5 Å². The van der Waals surface area contributed by atoms with Crippen molar-refractivity contribution in [2.24, 2.45) is 0 Å². The fraction of sp³-hybridized carbons (Fsp3) is 0.400. The number of aromatic nitrogens is 1. The van der Waals surface area contributed by atoms with Gasteiger partial charge in [0.15, 0.2) is 0 Å². The standard InChI is InChI=1S/C10H13NO3/c1-8-3-5-11(9(12)7-8)6-4-10(13)14-2/h3,5,7H,4,6H2,1-2H3. The zero-order valence-corrected chi connectivity index (χ0v) is 8.32. The van der Waals surface area contributed by atoms with E-state index in [0.29, 0.717) is 6.54 Å². The van der Waals surface area contributed by atoms with Crippen molar-refractivity contribution in [3.05, 3.63) is 34.2 Å². The Morgan fingerprint density at radius 1 is 1.57 bits per heavy atom. The zero-order chi connectivity index (χ0) is 10.6. The topological polar surface area (TPSA) is 48.3 Å². The molecule has 0 aliphatic rings. The van der Waals surface area contributed by atoms with Gasteiger partial charge >= 0.3 is 5.97 Å². The van der Waals surface area contributed by atoms with Crippen LogP contribution in [0, 0.1) is 6.92 Å². The van der Waals surface area contributed by atoms with Crippen LogP contribution in [0.15, 0.2) is 23.1 Å². The van der Waals surface area contributed by atoms with Gasteiger partial charge in [-0.25, -0.2) is 0 Å². The number of carbonyl (C=O) groups is 1. The Hall–Kier alpha value is -1.58. The first-order chi connectivity index (χ1) is 6.63. The summed E-state index contributed by atoms with van der Waals surface area (Å²) >= 11 is 0. The molecule has 0 amide bonds. The molecular weight excluding hydrogens is 182 g/mol. The third kappa shape index (κ3) is 2.73. The van der Waals surface area contributed by atoms with E-state index < -0.39 is 0 Å². The number of aryl methyl sites for hydroxylation is 2. The zero-order valence-electron chi connectivity index (χ0n) is 8.32. The van der Waals surface area contributed by atoms with Gasteiger partial charge in [0.1, 0.15) is 0 Å². The van der Waals surface area contributed by atoms with E-state index in [0.717, 1.165) is 5.56 Å². The molecule has 0 aliphatic heterocycles. The molecule has 4 nitrogen and oxygen atoms in total. The van der Waals surface area contributed by atoms with Gasteiger partial charge in [-0.05, 0) is 18.6 Å². The van der Waals surface area contributed by atoms with Crippen molar-refractivity contribution in [3.8, 4) is 0 Å². The van der Waals surface area contributed by atoms with Crippen molar-refractivity contribution in [2.75, 3.05) is 7.11 Å². The first kappa shape index (κ1) is 10.5. The van der Waals surface area contributed by atoms with Crippen LogP contribution in [0.3, 0.4) is 0 Å². The van der Waals surface area contributed by atoms with Crippen LogP contribution in [0.5, 0.6) is 0 Å².